The molecule has 2 aromatic rings. The Hall–Kier alpha value is -3.02. The minimum Gasteiger partial charge on any atom is -0.490 e. The van der Waals surface area contributed by atoms with Gasteiger partial charge in [0.15, 0.2) is 11.5 Å². The van der Waals surface area contributed by atoms with E-state index in [0.717, 1.165) is 18.5 Å². The highest BCUT2D eigenvalue weighted by atomic mass is 16.5. The van der Waals surface area contributed by atoms with E-state index in [0.29, 0.717) is 42.5 Å². The SMILES string of the molecule is CCOc1ccc(C(=O)Nc2ccc3c(c2)CN(C(C)=O)CC3)cc1OCC. The number of ether oxygens (including phenoxy) is 2. The fourth-order valence-electron chi connectivity index (χ4n) is 3.30. The maximum absolute atomic E-state index is 12.7. The van der Waals surface area contributed by atoms with Gasteiger partial charge in [-0.25, -0.2) is 0 Å². The molecule has 0 fully saturated rings. The number of anilines is 1. The molecule has 0 unspecified atom stereocenters. The summed E-state index contributed by atoms with van der Waals surface area (Å²) in [6.45, 7) is 7.70. The van der Waals surface area contributed by atoms with Gasteiger partial charge in [0, 0.05) is 31.3 Å². The normalized spacial score (nSPS) is 12.9. The monoisotopic (exact) mass is 382 g/mol. The van der Waals surface area contributed by atoms with Crippen LogP contribution in [0.25, 0.3) is 0 Å². The van der Waals surface area contributed by atoms with Crippen molar-refractivity contribution in [3.63, 3.8) is 0 Å². The zero-order valence-electron chi connectivity index (χ0n) is 16.6. The van der Waals surface area contributed by atoms with Crippen LogP contribution in [0.1, 0.15) is 42.3 Å². The summed E-state index contributed by atoms with van der Waals surface area (Å²) in [6, 6.07) is 11.0. The minimum atomic E-state index is -0.219. The molecule has 0 bridgehead atoms. The van der Waals surface area contributed by atoms with Crippen LogP contribution in [-0.4, -0.2) is 36.5 Å². The van der Waals surface area contributed by atoms with Crippen LogP contribution < -0.4 is 14.8 Å². The van der Waals surface area contributed by atoms with E-state index >= 15 is 0 Å². The van der Waals surface area contributed by atoms with Crippen molar-refractivity contribution in [2.75, 3.05) is 25.1 Å². The van der Waals surface area contributed by atoms with Crippen LogP contribution >= 0.6 is 0 Å². The van der Waals surface area contributed by atoms with Gasteiger partial charge in [-0.3, -0.25) is 9.59 Å². The standard InChI is InChI=1S/C22H26N2O4/c1-4-27-20-9-7-17(13-21(20)28-5-2)22(26)23-19-8-6-16-10-11-24(15(3)25)14-18(16)12-19/h6-9,12-13H,4-5,10-11,14H2,1-3H3,(H,23,26). The third-order valence-electron chi connectivity index (χ3n) is 4.73. The molecule has 1 heterocycles. The summed E-state index contributed by atoms with van der Waals surface area (Å²) in [5, 5.41) is 2.93. The topological polar surface area (TPSA) is 67.9 Å². The van der Waals surface area contributed by atoms with Gasteiger partial charge in [-0.1, -0.05) is 6.07 Å². The van der Waals surface area contributed by atoms with Crippen molar-refractivity contribution in [1.29, 1.82) is 0 Å². The van der Waals surface area contributed by atoms with E-state index in [-0.39, 0.29) is 11.8 Å². The highest BCUT2D eigenvalue weighted by molar-refractivity contribution is 6.04. The van der Waals surface area contributed by atoms with Crippen molar-refractivity contribution in [2.45, 2.75) is 33.7 Å². The Morgan fingerprint density at radius 3 is 2.46 bits per heavy atom. The fraction of sp³-hybridized carbons (Fsp3) is 0.364. The molecular formula is C22H26N2O4. The summed E-state index contributed by atoms with van der Waals surface area (Å²) in [5.74, 6) is 1.03. The molecule has 0 saturated heterocycles. The van der Waals surface area contributed by atoms with E-state index in [4.69, 9.17) is 9.47 Å². The van der Waals surface area contributed by atoms with Crippen molar-refractivity contribution in [1.82, 2.24) is 4.90 Å². The quantitative estimate of drug-likeness (QED) is 0.828. The number of hydrogen-bond acceptors (Lipinski definition) is 4. The van der Waals surface area contributed by atoms with Crippen LogP contribution in [0.3, 0.4) is 0 Å². The van der Waals surface area contributed by atoms with Gasteiger partial charge in [-0.2, -0.15) is 0 Å². The smallest absolute Gasteiger partial charge is 0.255 e. The predicted molar refractivity (Wildman–Crippen MR) is 108 cm³/mol. The van der Waals surface area contributed by atoms with Crippen LogP contribution in [0.15, 0.2) is 36.4 Å². The van der Waals surface area contributed by atoms with E-state index in [2.05, 4.69) is 5.32 Å². The first-order valence-corrected chi connectivity index (χ1v) is 9.60. The first kappa shape index (κ1) is 19.7. The molecule has 2 aromatic carbocycles. The molecule has 0 spiro atoms. The second-order valence-corrected chi connectivity index (χ2v) is 6.66. The Kier molecular flexibility index (Phi) is 6.19. The van der Waals surface area contributed by atoms with Crippen molar-refractivity contribution < 1.29 is 19.1 Å². The van der Waals surface area contributed by atoms with Crippen molar-refractivity contribution in [3.05, 3.63) is 53.1 Å². The van der Waals surface area contributed by atoms with E-state index in [1.165, 1.54) is 5.56 Å². The first-order chi connectivity index (χ1) is 13.5. The zero-order chi connectivity index (χ0) is 20.1. The molecule has 148 valence electrons. The van der Waals surface area contributed by atoms with Gasteiger partial charge in [0.05, 0.1) is 13.2 Å². The summed E-state index contributed by atoms with van der Waals surface area (Å²) in [4.78, 5) is 26.2. The Bertz CT molecular complexity index is 879. The Morgan fingerprint density at radius 2 is 1.75 bits per heavy atom. The molecule has 3 rings (SSSR count). The average Bonchev–Trinajstić information content (AvgIpc) is 2.69. The van der Waals surface area contributed by atoms with E-state index in [9.17, 15) is 9.59 Å². The lowest BCUT2D eigenvalue weighted by Gasteiger charge is -2.28. The highest BCUT2D eigenvalue weighted by Gasteiger charge is 2.19. The van der Waals surface area contributed by atoms with Crippen LogP contribution in [0.5, 0.6) is 11.5 Å². The largest absolute Gasteiger partial charge is 0.490 e. The van der Waals surface area contributed by atoms with Gasteiger partial charge < -0.3 is 19.7 Å². The number of nitrogens with one attached hydrogen (secondary N) is 1. The van der Waals surface area contributed by atoms with Crippen LogP contribution in [0.4, 0.5) is 5.69 Å². The Labute approximate surface area is 165 Å². The molecule has 28 heavy (non-hydrogen) atoms. The number of fused-ring (bicyclic) bond motifs is 1. The van der Waals surface area contributed by atoms with Crippen LogP contribution in [0.2, 0.25) is 0 Å². The molecule has 1 aliphatic rings. The Balaban J connectivity index is 1.77. The first-order valence-electron chi connectivity index (χ1n) is 9.60. The fourth-order valence-corrected chi connectivity index (χ4v) is 3.30. The second kappa shape index (κ2) is 8.78. The molecule has 0 atom stereocenters. The second-order valence-electron chi connectivity index (χ2n) is 6.66. The molecule has 0 radical (unpaired) electrons. The molecule has 0 saturated carbocycles. The number of amides is 2. The van der Waals surface area contributed by atoms with Gasteiger partial charge in [0.2, 0.25) is 5.91 Å². The molecule has 1 aliphatic heterocycles. The summed E-state index contributed by atoms with van der Waals surface area (Å²) in [6.07, 6.45) is 0.833. The van der Waals surface area contributed by atoms with Crippen LogP contribution in [0, 0.1) is 0 Å². The third kappa shape index (κ3) is 4.44. The molecule has 0 aromatic heterocycles. The predicted octanol–water partition coefficient (Wildman–Crippen LogP) is 3.64. The molecule has 6 nitrogen and oxygen atoms in total. The number of nitrogens with zero attached hydrogens (tertiary/aromatic N) is 1. The van der Waals surface area contributed by atoms with Gasteiger partial charge in [-0.05, 0) is 61.7 Å². The summed E-state index contributed by atoms with van der Waals surface area (Å²) in [5.41, 5.74) is 3.49. The molecular weight excluding hydrogens is 356 g/mol. The summed E-state index contributed by atoms with van der Waals surface area (Å²) >= 11 is 0. The third-order valence-corrected chi connectivity index (χ3v) is 4.73. The van der Waals surface area contributed by atoms with Gasteiger partial charge in [-0.15, -0.1) is 0 Å². The number of carbonyl (C=O) groups is 2. The van der Waals surface area contributed by atoms with E-state index < -0.39 is 0 Å². The maximum Gasteiger partial charge on any atom is 0.255 e. The minimum absolute atomic E-state index is 0.0675. The zero-order valence-corrected chi connectivity index (χ0v) is 16.6. The lowest BCUT2D eigenvalue weighted by Crippen LogP contribution is -2.34. The molecule has 1 N–H and O–H groups in total. The maximum atomic E-state index is 12.7. The Morgan fingerprint density at radius 1 is 1.00 bits per heavy atom. The summed E-state index contributed by atoms with van der Waals surface area (Å²) < 4.78 is 11.1. The van der Waals surface area contributed by atoms with E-state index in [1.54, 1.807) is 25.1 Å². The van der Waals surface area contributed by atoms with Gasteiger partial charge >= 0.3 is 0 Å². The lowest BCUT2D eigenvalue weighted by atomic mass is 9.99. The lowest BCUT2D eigenvalue weighted by molar-refractivity contribution is -0.129. The number of rotatable bonds is 6. The van der Waals surface area contributed by atoms with Crippen molar-refractivity contribution in [2.24, 2.45) is 0 Å². The molecule has 2 amide bonds. The average molecular weight is 382 g/mol. The van der Waals surface area contributed by atoms with Gasteiger partial charge in [0.25, 0.3) is 5.91 Å². The van der Waals surface area contributed by atoms with Crippen LogP contribution in [-0.2, 0) is 17.8 Å². The number of carbonyl (C=O) groups excluding carboxylic acids is 2. The summed E-state index contributed by atoms with van der Waals surface area (Å²) in [7, 11) is 0. The molecule has 0 aliphatic carbocycles. The van der Waals surface area contributed by atoms with Crippen molar-refractivity contribution >= 4 is 17.5 Å². The van der Waals surface area contributed by atoms with Crippen molar-refractivity contribution in [3.8, 4) is 11.5 Å². The highest BCUT2D eigenvalue weighted by Crippen LogP contribution is 2.29. The van der Waals surface area contributed by atoms with E-state index in [1.807, 2.05) is 36.9 Å². The number of hydrogen-bond donors (Lipinski definition) is 1. The molecule has 6 heteroatoms. The number of benzene rings is 2. The van der Waals surface area contributed by atoms with Gasteiger partial charge in [0.1, 0.15) is 0 Å².